The Labute approximate surface area is 110 Å². The zero-order chi connectivity index (χ0) is 13.0. The molecule has 1 rings (SSSR count). The Morgan fingerprint density at radius 3 is 2.76 bits per heavy atom. The Morgan fingerprint density at radius 1 is 1.65 bits per heavy atom. The number of esters is 1. The third-order valence-electron chi connectivity index (χ3n) is 2.14. The second-order valence-corrected chi connectivity index (χ2v) is 4.20. The minimum atomic E-state index is -2.71. The molecule has 3 nitrogen and oxygen atoms in total. The monoisotopic (exact) mass is 327 g/mol. The maximum Gasteiger partial charge on any atom is 0.310 e. The van der Waals surface area contributed by atoms with Crippen molar-refractivity contribution < 1.29 is 18.3 Å². The van der Waals surface area contributed by atoms with Gasteiger partial charge in [0.05, 0.1) is 25.1 Å². The first-order chi connectivity index (χ1) is 8.01. The van der Waals surface area contributed by atoms with E-state index in [1.54, 1.807) is 0 Å². The van der Waals surface area contributed by atoms with E-state index < -0.39 is 12.4 Å². The van der Waals surface area contributed by atoms with Gasteiger partial charge in [-0.2, -0.15) is 0 Å². The number of methoxy groups -OCH3 is 1. The molecular formula is C10H9BrClF2NO2. The number of nitrogens with zero attached hydrogens (tertiary/aromatic N) is 1. The minimum absolute atomic E-state index is 0.0677. The average molecular weight is 329 g/mol. The van der Waals surface area contributed by atoms with Crippen molar-refractivity contribution in [1.29, 1.82) is 0 Å². The Bertz CT molecular complexity index is 429. The van der Waals surface area contributed by atoms with Crippen LogP contribution in [0, 0.1) is 0 Å². The van der Waals surface area contributed by atoms with Gasteiger partial charge in [0.25, 0.3) is 6.43 Å². The summed E-state index contributed by atoms with van der Waals surface area (Å²) in [5.41, 5.74) is 0.281. The topological polar surface area (TPSA) is 39.2 Å². The van der Waals surface area contributed by atoms with Crippen molar-refractivity contribution in [2.45, 2.75) is 18.7 Å². The normalized spacial score (nSPS) is 10.7. The van der Waals surface area contributed by atoms with Gasteiger partial charge in [-0.25, -0.2) is 8.78 Å². The van der Waals surface area contributed by atoms with E-state index in [1.165, 1.54) is 7.11 Å². The molecule has 0 atom stereocenters. The van der Waals surface area contributed by atoms with Gasteiger partial charge in [0, 0.05) is 16.2 Å². The Balaban J connectivity index is 3.24. The van der Waals surface area contributed by atoms with E-state index in [0.29, 0.717) is 10.2 Å². The largest absolute Gasteiger partial charge is 0.469 e. The van der Waals surface area contributed by atoms with Crippen LogP contribution in [-0.2, 0) is 21.8 Å². The third-order valence-corrected chi connectivity index (χ3v) is 3.33. The van der Waals surface area contributed by atoms with Crippen molar-refractivity contribution in [3.63, 3.8) is 0 Å². The van der Waals surface area contributed by atoms with E-state index in [1.807, 2.05) is 0 Å². The Kier molecular flexibility index (Phi) is 5.27. The predicted molar refractivity (Wildman–Crippen MR) is 62.2 cm³/mol. The van der Waals surface area contributed by atoms with Crippen LogP contribution in [0.2, 0.25) is 0 Å². The van der Waals surface area contributed by atoms with Crippen molar-refractivity contribution in [3.8, 4) is 0 Å². The molecule has 0 saturated carbocycles. The zero-order valence-corrected chi connectivity index (χ0v) is 11.2. The molecule has 0 aliphatic rings. The molecule has 0 fully saturated rings. The molecule has 0 unspecified atom stereocenters. The van der Waals surface area contributed by atoms with E-state index in [9.17, 15) is 13.6 Å². The highest BCUT2D eigenvalue weighted by atomic mass is 79.9. The summed E-state index contributed by atoms with van der Waals surface area (Å²) in [5.74, 6) is -0.530. The van der Waals surface area contributed by atoms with Gasteiger partial charge in [0.1, 0.15) is 0 Å². The van der Waals surface area contributed by atoms with Crippen LogP contribution in [-0.4, -0.2) is 18.1 Å². The van der Waals surface area contributed by atoms with Gasteiger partial charge >= 0.3 is 5.97 Å². The number of alkyl halides is 3. The summed E-state index contributed by atoms with van der Waals surface area (Å²) < 4.78 is 30.3. The summed E-state index contributed by atoms with van der Waals surface area (Å²) in [4.78, 5) is 15.0. The molecule has 0 N–H and O–H groups in total. The SMILES string of the molecule is COC(=O)Cc1c(C(F)F)cnc(CCl)c1Br. The molecular weight excluding hydrogens is 319 g/mol. The molecule has 1 heterocycles. The summed E-state index contributed by atoms with van der Waals surface area (Å²) in [5, 5.41) is 0. The number of halogens is 4. The Morgan fingerprint density at radius 2 is 2.29 bits per heavy atom. The summed E-state index contributed by atoms with van der Waals surface area (Å²) in [6.45, 7) is 0. The fraction of sp³-hybridized carbons (Fsp3) is 0.400. The summed E-state index contributed by atoms with van der Waals surface area (Å²) in [6, 6.07) is 0. The molecule has 0 aromatic carbocycles. The van der Waals surface area contributed by atoms with Gasteiger partial charge in [-0.3, -0.25) is 9.78 Å². The van der Waals surface area contributed by atoms with Crippen LogP contribution in [0.25, 0.3) is 0 Å². The highest BCUT2D eigenvalue weighted by molar-refractivity contribution is 9.10. The molecule has 0 bridgehead atoms. The first kappa shape index (κ1) is 14.3. The number of hydrogen-bond acceptors (Lipinski definition) is 3. The van der Waals surface area contributed by atoms with Crippen molar-refractivity contribution >= 4 is 33.5 Å². The fourth-order valence-corrected chi connectivity index (χ4v) is 2.24. The number of rotatable bonds is 4. The lowest BCUT2D eigenvalue weighted by Crippen LogP contribution is -2.10. The van der Waals surface area contributed by atoms with E-state index in [2.05, 4.69) is 25.7 Å². The second kappa shape index (κ2) is 6.26. The molecule has 0 amide bonds. The van der Waals surface area contributed by atoms with Crippen LogP contribution >= 0.6 is 27.5 Å². The highest BCUT2D eigenvalue weighted by Crippen LogP contribution is 2.31. The van der Waals surface area contributed by atoms with Gasteiger partial charge in [-0.1, -0.05) is 0 Å². The number of hydrogen-bond donors (Lipinski definition) is 0. The van der Waals surface area contributed by atoms with Crippen molar-refractivity contribution in [2.75, 3.05) is 7.11 Å². The predicted octanol–water partition coefficient (Wildman–Crippen LogP) is 3.24. The molecule has 0 aliphatic heterocycles. The molecule has 94 valence electrons. The molecule has 0 aliphatic carbocycles. The third kappa shape index (κ3) is 3.35. The Hall–Kier alpha value is -0.750. The fourth-order valence-electron chi connectivity index (χ4n) is 1.26. The highest BCUT2D eigenvalue weighted by Gasteiger charge is 2.21. The molecule has 0 saturated heterocycles. The molecule has 0 spiro atoms. The summed E-state index contributed by atoms with van der Waals surface area (Å²) in [7, 11) is 1.20. The van der Waals surface area contributed by atoms with Crippen LogP contribution in [0.1, 0.15) is 23.2 Å². The lowest BCUT2D eigenvalue weighted by atomic mass is 10.1. The number of aromatic nitrogens is 1. The first-order valence-electron chi connectivity index (χ1n) is 4.58. The smallest absolute Gasteiger partial charge is 0.310 e. The molecule has 0 radical (unpaired) electrons. The van der Waals surface area contributed by atoms with Crippen LogP contribution in [0.4, 0.5) is 8.78 Å². The van der Waals surface area contributed by atoms with Crippen molar-refractivity contribution in [2.24, 2.45) is 0 Å². The second-order valence-electron chi connectivity index (χ2n) is 3.14. The maximum absolute atomic E-state index is 12.8. The van der Waals surface area contributed by atoms with Gasteiger partial charge in [-0.05, 0) is 21.5 Å². The lowest BCUT2D eigenvalue weighted by Gasteiger charge is -2.12. The van der Waals surface area contributed by atoms with Gasteiger partial charge in [-0.15, -0.1) is 11.6 Å². The van der Waals surface area contributed by atoms with Crippen LogP contribution in [0.5, 0.6) is 0 Å². The van der Waals surface area contributed by atoms with E-state index in [4.69, 9.17) is 11.6 Å². The molecule has 17 heavy (non-hydrogen) atoms. The first-order valence-corrected chi connectivity index (χ1v) is 5.91. The molecule has 7 heteroatoms. The van der Waals surface area contributed by atoms with Gasteiger partial charge in [0.2, 0.25) is 0 Å². The van der Waals surface area contributed by atoms with E-state index in [-0.39, 0.29) is 23.4 Å². The zero-order valence-electron chi connectivity index (χ0n) is 8.84. The van der Waals surface area contributed by atoms with Crippen LogP contribution in [0.15, 0.2) is 10.7 Å². The number of ether oxygens (including phenoxy) is 1. The van der Waals surface area contributed by atoms with Crippen LogP contribution < -0.4 is 0 Å². The number of carbonyl (C=O) groups excluding carboxylic acids is 1. The van der Waals surface area contributed by atoms with Gasteiger partial charge < -0.3 is 4.74 Å². The summed E-state index contributed by atoms with van der Waals surface area (Å²) >= 11 is 8.74. The minimum Gasteiger partial charge on any atom is -0.469 e. The summed E-state index contributed by atoms with van der Waals surface area (Å²) in [6.07, 6.45) is -1.92. The molecule has 1 aromatic heterocycles. The maximum atomic E-state index is 12.8. The van der Waals surface area contributed by atoms with E-state index >= 15 is 0 Å². The quantitative estimate of drug-likeness (QED) is 0.629. The van der Waals surface area contributed by atoms with E-state index in [0.717, 1.165) is 6.20 Å². The number of carbonyl (C=O) groups is 1. The van der Waals surface area contributed by atoms with Crippen molar-refractivity contribution in [3.05, 3.63) is 27.5 Å². The van der Waals surface area contributed by atoms with Crippen LogP contribution in [0.3, 0.4) is 0 Å². The average Bonchev–Trinajstić information content (AvgIpc) is 2.30. The lowest BCUT2D eigenvalue weighted by molar-refractivity contribution is -0.139. The standard InChI is InChI=1S/C10H9BrClF2NO2/c1-17-8(16)2-5-6(10(13)14)4-15-7(3-12)9(5)11/h4,10H,2-3H2,1H3. The molecule has 1 aromatic rings. The van der Waals surface area contributed by atoms with Gasteiger partial charge in [0.15, 0.2) is 0 Å². The van der Waals surface area contributed by atoms with Crippen molar-refractivity contribution in [1.82, 2.24) is 4.98 Å². The number of pyridine rings is 1.